The Morgan fingerprint density at radius 1 is 1.05 bits per heavy atom. The van der Waals surface area contributed by atoms with E-state index >= 15 is 0 Å². The molecular weight excluding hydrogens is 254 g/mol. The van der Waals surface area contributed by atoms with Crippen molar-refractivity contribution in [3.63, 3.8) is 0 Å². The zero-order valence-corrected chi connectivity index (χ0v) is 13.0. The molecule has 0 saturated heterocycles. The van der Waals surface area contributed by atoms with E-state index in [-0.39, 0.29) is 6.04 Å². The topological polar surface area (TPSA) is 32.3 Å². The zero-order chi connectivity index (χ0) is 14.2. The molecule has 0 saturated carbocycles. The number of rotatable bonds is 3. The zero-order valence-electron chi connectivity index (χ0n) is 12.2. The Kier molecular flexibility index (Phi) is 3.85. The molecular formula is C16H21NOS. The fourth-order valence-corrected chi connectivity index (χ4v) is 3.37. The van der Waals surface area contributed by atoms with Gasteiger partial charge in [-0.05, 0) is 69.5 Å². The molecule has 0 aliphatic carbocycles. The van der Waals surface area contributed by atoms with Gasteiger partial charge >= 0.3 is 0 Å². The van der Waals surface area contributed by atoms with Crippen LogP contribution in [-0.2, 0) is 0 Å². The minimum atomic E-state index is 0.271. The van der Waals surface area contributed by atoms with Crippen molar-refractivity contribution in [2.75, 3.05) is 5.32 Å². The summed E-state index contributed by atoms with van der Waals surface area (Å²) >= 11 is 1.84. The molecule has 1 heterocycles. The molecule has 102 valence electrons. The van der Waals surface area contributed by atoms with E-state index in [4.69, 9.17) is 0 Å². The van der Waals surface area contributed by atoms with Crippen LogP contribution in [-0.4, -0.2) is 5.11 Å². The molecule has 0 aliphatic rings. The number of benzene rings is 1. The lowest BCUT2D eigenvalue weighted by molar-refractivity contribution is 0.470. The van der Waals surface area contributed by atoms with E-state index < -0.39 is 0 Å². The Balaban J connectivity index is 2.26. The number of thiophene rings is 1. The first kappa shape index (κ1) is 13.9. The van der Waals surface area contributed by atoms with Gasteiger partial charge in [-0.15, -0.1) is 11.3 Å². The maximum Gasteiger partial charge on any atom is 0.118 e. The molecule has 2 N–H and O–H groups in total. The van der Waals surface area contributed by atoms with Crippen molar-refractivity contribution in [3.8, 4) is 5.75 Å². The molecule has 19 heavy (non-hydrogen) atoms. The van der Waals surface area contributed by atoms with E-state index in [1.807, 2.05) is 37.3 Å². The Morgan fingerprint density at radius 2 is 1.74 bits per heavy atom. The van der Waals surface area contributed by atoms with Crippen LogP contribution < -0.4 is 5.32 Å². The van der Waals surface area contributed by atoms with Gasteiger partial charge in [0.05, 0.1) is 0 Å². The molecule has 2 rings (SSSR count). The smallest absolute Gasteiger partial charge is 0.118 e. The Morgan fingerprint density at radius 3 is 2.32 bits per heavy atom. The lowest BCUT2D eigenvalue weighted by Gasteiger charge is -2.18. The first-order chi connectivity index (χ1) is 8.88. The van der Waals surface area contributed by atoms with Gasteiger partial charge in [-0.2, -0.15) is 0 Å². The molecule has 0 aliphatic heterocycles. The van der Waals surface area contributed by atoms with Crippen LogP contribution in [0.1, 0.15) is 39.4 Å². The normalized spacial score (nSPS) is 12.5. The van der Waals surface area contributed by atoms with Gasteiger partial charge in [0.25, 0.3) is 0 Å². The largest absolute Gasteiger partial charge is 0.508 e. The van der Waals surface area contributed by atoms with Gasteiger partial charge in [0.2, 0.25) is 0 Å². The lowest BCUT2D eigenvalue weighted by atomic mass is 10.1. The number of hydrogen-bond acceptors (Lipinski definition) is 3. The molecule has 2 nitrogen and oxygen atoms in total. The number of anilines is 1. The van der Waals surface area contributed by atoms with Crippen LogP contribution in [0.15, 0.2) is 18.2 Å². The van der Waals surface area contributed by atoms with Crippen molar-refractivity contribution in [1.82, 2.24) is 0 Å². The van der Waals surface area contributed by atoms with Crippen LogP contribution in [0.2, 0.25) is 0 Å². The second-order valence-corrected chi connectivity index (χ2v) is 6.65. The second-order valence-electron chi connectivity index (χ2n) is 5.19. The number of phenols is 1. The van der Waals surface area contributed by atoms with Gasteiger partial charge < -0.3 is 10.4 Å². The maximum absolute atomic E-state index is 9.70. The summed E-state index contributed by atoms with van der Waals surface area (Å²) < 4.78 is 0. The Hall–Kier alpha value is -1.48. The SMILES string of the molecule is Cc1cc(C(C)Nc2cc(C)c(O)cc2C)c(C)s1. The fourth-order valence-electron chi connectivity index (χ4n) is 2.35. The highest BCUT2D eigenvalue weighted by Crippen LogP contribution is 2.31. The standard InChI is InChI=1S/C16H21NOS/c1-9-7-16(18)10(2)6-15(9)17-12(4)14-8-11(3)19-13(14)5/h6-8,12,17-18H,1-5H3. The highest BCUT2D eigenvalue weighted by Gasteiger charge is 2.12. The van der Waals surface area contributed by atoms with Crippen molar-refractivity contribution >= 4 is 17.0 Å². The number of phenolic OH excluding ortho intramolecular Hbond substituents is 1. The molecule has 2 aromatic rings. The third kappa shape index (κ3) is 2.92. The van der Waals surface area contributed by atoms with E-state index in [1.54, 1.807) is 0 Å². The molecule has 1 aromatic carbocycles. The molecule has 3 heteroatoms. The van der Waals surface area contributed by atoms with Crippen molar-refractivity contribution < 1.29 is 5.11 Å². The van der Waals surface area contributed by atoms with Crippen molar-refractivity contribution in [3.05, 3.63) is 44.6 Å². The lowest BCUT2D eigenvalue weighted by Crippen LogP contribution is -2.08. The average molecular weight is 275 g/mol. The predicted molar refractivity (Wildman–Crippen MR) is 83.4 cm³/mol. The van der Waals surface area contributed by atoms with Crippen molar-refractivity contribution in [2.24, 2.45) is 0 Å². The van der Waals surface area contributed by atoms with E-state index in [0.717, 1.165) is 16.8 Å². The molecule has 0 spiro atoms. The van der Waals surface area contributed by atoms with Crippen LogP contribution in [0.25, 0.3) is 0 Å². The highest BCUT2D eigenvalue weighted by atomic mass is 32.1. The van der Waals surface area contributed by atoms with Crippen LogP contribution in [0, 0.1) is 27.7 Å². The number of hydrogen-bond donors (Lipinski definition) is 2. The van der Waals surface area contributed by atoms with E-state index in [1.165, 1.54) is 15.3 Å². The molecule has 0 radical (unpaired) electrons. The maximum atomic E-state index is 9.70. The monoisotopic (exact) mass is 275 g/mol. The summed E-state index contributed by atoms with van der Waals surface area (Å²) in [7, 11) is 0. The molecule has 1 aromatic heterocycles. The summed E-state index contributed by atoms with van der Waals surface area (Å²) in [6.07, 6.45) is 0. The molecule has 0 fully saturated rings. The number of aromatic hydroxyl groups is 1. The minimum absolute atomic E-state index is 0.271. The predicted octanol–water partition coefficient (Wildman–Crippen LogP) is 4.86. The quantitative estimate of drug-likeness (QED) is 0.784. The van der Waals surface area contributed by atoms with Crippen LogP contribution in [0.4, 0.5) is 5.69 Å². The van der Waals surface area contributed by atoms with Gasteiger partial charge in [-0.1, -0.05) is 0 Å². The van der Waals surface area contributed by atoms with Crippen LogP contribution in [0.3, 0.4) is 0 Å². The van der Waals surface area contributed by atoms with Crippen molar-refractivity contribution in [2.45, 2.75) is 40.7 Å². The third-order valence-corrected chi connectivity index (χ3v) is 4.44. The first-order valence-corrected chi connectivity index (χ1v) is 7.34. The van der Waals surface area contributed by atoms with Gasteiger partial charge in [-0.3, -0.25) is 0 Å². The van der Waals surface area contributed by atoms with Crippen molar-refractivity contribution in [1.29, 1.82) is 0 Å². The minimum Gasteiger partial charge on any atom is -0.508 e. The molecule has 1 unspecified atom stereocenters. The summed E-state index contributed by atoms with van der Waals surface area (Å²) in [5.41, 5.74) is 4.41. The molecule has 0 bridgehead atoms. The average Bonchev–Trinajstić information content (AvgIpc) is 2.65. The molecule has 0 amide bonds. The summed E-state index contributed by atoms with van der Waals surface area (Å²) in [6.45, 7) is 10.4. The van der Waals surface area contributed by atoms with Gasteiger partial charge in [0, 0.05) is 21.5 Å². The van der Waals surface area contributed by atoms with Crippen LogP contribution >= 0.6 is 11.3 Å². The van der Waals surface area contributed by atoms with E-state index in [0.29, 0.717) is 5.75 Å². The summed E-state index contributed by atoms with van der Waals surface area (Å²) in [5.74, 6) is 0.360. The number of nitrogens with one attached hydrogen (secondary N) is 1. The number of aryl methyl sites for hydroxylation is 4. The van der Waals surface area contributed by atoms with Crippen LogP contribution in [0.5, 0.6) is 5.75 Å². The summed E-state index contributed by atoms with van der Waals surface area (Å²) in [5, 5.41) is 13.2. The van der Waals surface area contributed by atoms with Gasteiger partial charge in [-0.25, -0.2) is 0 Å². The molecule has 1 atom stereocenters. The Bertz CT molecular complexity index is 601. The summed E-state index contributed by atoms with van der Waals surface area (Å²) in [6, 6.07) is 6.35. The first-order valence-electron chi connectivity index (χ1n) is 6.52. The third-order valence-electron chi connectivity index (χ3n) is 3.46. The van der Waals surface area contributed by atoms with E-state index in [9.17, 15) is 5.11 Å². The van der Waals surface area contributed by atoms with E-state index in [2.05, 4.69) is 32.2 Å². The Labute approximate surface area is 119 Å². The fraction of sp³-hybridized carbons (Fsp3) is 0.375. The highest BCUT2D eigenvalue weighted by molar-refractivity contribution is 7.12. The van der Waals surface area contributed by atoms with Gasteiger partial charge in [0.1, 0.15) is 5.75 Å². The van der Waals surface area contributed by atoms with Gasteiger partial charge in [0.15, 0.2) is 0 Å². The second kappa shape index (κ2) is 5.25. The summed E-state index contributed by atoms with van der Waals surface area (Å²) in [4.78, 5) is 2.71.